The van der Waals surface area contributed by atoms with Gasteiger partial charge >= 0.3 is 5.97 Å². The number of hydrogen-bond acceptors (Lipinski definition) is 3. The first-order valence-electron chi connectivity index (χ1n) is 5.73. The van der Waals surface area contributed by atoms with Crippen molar-refractivity contribution in [2.45, 2.75) is 25.8 Å². The third kappa shape index (κ3) is 3.21. The number of benzene rings is 1. The molecule has 0 bridgehead atoms. The van der Waals surface area contributed by atoms with Crippen LogP contribution in [0.15, 0.2) is 18.2 Å². The van der Waals surface area contributed by atoms with E-state index in [1.807, 2.05) is 0 Å². The Morgan fingerprint density at radius 2 is 2.11 bits per heavy atom. The van der Waals surface area contributed by atoms with Crippen LogP contribution in [0.4, 0.5) is 4.39 Å². The topological polar surface area (TPSA) is 75.6 Å². The summed E-state index contributed by atoms with van der Waals surface area (Å²) in [6.45, 7) is 3.02. The zero-order chi connectivity index (χ0) is 14.6. The van der Waals surface area contributed by atoms with Crippen LogP contribution in [-0.4, -0.2) is 29.6 Å². The molecule has 5 nitrogen and oxygen atoms in total. The monoisotopic (exact) mass is 269 g/mol. The van der Waals surface area contributed by atoms with E-state index in [9.17, 15) is 14.0 Å². The van der Waals surface area contributed by atoms with Crippen LogP contribution in [0.3, 0.4) is 0 Å². The average molecular weight is 269 g/mol. The average Bonchev–Trinajstić information content (AvgIpc) is 2.38. The number of carboxylic acid groups (broad SMARTS) is 1. The molecule has 1 amide bonds. The van der Waals surface area contributed by atoms with E-state index in [4.69, 9.17) is 9.84 Å². The SMILES string of the molecule is CCC(C)(NC(=O)c1cc(F)ccc1OC)C(=O)O. The van der Waals surface area contributed by atoms with E-state index < -0.39 is 23.2 Å². The third-order valence-electron chi connectivity index (χ3n) is 2.97. The molecule has 0 radical (unpaired) electrons. The second kappa shape index (κ2) is 5.69. The van der Waals surface area contributed by atoms with E-state index in [0.29, 0.717) is 0 Å². The van der Waals surface area contributed by atoms with Gasteiger partial charge in [-0.2, -0.15) is 0 Å². The summed E-state index contributed by atoms with van der Waals surface area (Å²) in [5.74, 6) is -2.26. The van der Waals surface area contributed by atoms with Crippen molar-refractivity contribution in [3.63, 3.8) is 0 Å². The molecule has 0 aliphatic rings. The Balaban J connectivity index is 3.07. The minimum Gasteiger partial charge on any atom is -0.496 e. The summed E-state index contributed by atoms with van der Waals surface area (Å²) in [4.78, 5) is 23.2. The van der Waals surface area contributed by atoms with Crippen molar-refractivity contribution in [3.8, 4) is 5.75 Å². The van der Waals surface area contributed by atoms with Gasteiger partial charge in [0.2, 0.25) is 0 Å². The maximum absolute atomic E-state index is 13.2. The predicted molar refractivity (Wildman–Crippen MR) is 66.8 cm³/mol. The van der Waals surface area contributed by atoms with Gasteiger partial charge in [0.15, 0.2) is 0 Å². The maximum Gasteiger partial charge on any atom is 0.329 e. The van der Waals surface area contributed by atoms with E-state index in [-0.39, 0.29) is 17.7 Å². The fourth-order valence-corrected chi connectivity index (χ4v) is 1.47. The van der Waals surface area contributed by atoms with Crippen LogP contribution in [0.25, 0.3) is 0 Å². The molecule has 2 N–H and O–H groups in total. The lowest BCUT2D eigenvalue weighted by Crippen LogP contribution is -2.51. The molecule has 6 heteroatoms. The van der Waals surface area contributed by atoms with Crippen LogP contribution < -0.4 is 10.1 Å². The highest BCUT2D eigenvalue weighted by Crippen LogP contribution is 2.20. The number of amides is 1. The maximum atomic E-state index is 13.2. The summed E-state index contributed by atoms with van der Waals surface area (Å²) in [5, 5.41) is 11.5. The number of carbonyl (C=O) groups is 2. The van der Waals surface area contributed by atoms with Crippen molar-refractivity contribution in [2.75, 3.05) is 7.11 Å². The van der Waals surface area contributed by atoms with Gasteiger partial charge in [0.05, 0.1) is 12.7 Å². The van der Waals surface area contributed by atoms with E-state index in [1.54, 1.807) is 6.92 Å². The van der Waals surface area contributed by atoms with Gasteiger partial charge in [-0.25, -0.2) is 9.18 Å². The number of rotatable bonds is 5. The summed E-state index contributed by atoms with van der Waals surface area (Å²) >= 11 is 0. The number of nitrogens with one attached hydrogen (secondary N) is 1. The van der Waals surface area contributed by atoms with Crippen molar-refractivity contribution in [2.24, 2.45) is 0 Å². The molecule has 0 aromatic heterocycles. The second-order valence-electron chi connectivity index (χ2n) is 4.29. The first kappa shape index (κ1) is 14.9. The highest BCUT2D eigenvalue weighted by Gasteiger charge is 2.33. The van der Waals surface area contributed by atoms with Crippen molar-refractivity contribution < 1.29 is 23.8 Å². The number of carbonyl (C=O) groups excluding carboxylic acids is 1. The molecule has 1 aromatic carbocycles. The fraction of sp³-hybridized carbons (Fsp3) is 0.385. The normalized spacial score (nSPS) is 13.5. The van der Waals surface area contributed by atoms with Crippen LogP contribution in [0, 0.1) is 5.82 Å². The minimum absolute atomic E-state index is 0.0385. The summed E-state index contributed by atoms with van der Waals surface area (Å²) < 4.78 is 18.1. The minimum atomic E-state index is -1.41. The molecule has 1 rings (SSSR count). The first-order valence-corrected chi connectivity index (χ1v) is 5.73. The quantitative estimate of drug-likeness (QED) is 0.855. The van der Waals surface area contributed by atoms with Crippen LogP contribution >= 0.6 is 0 Å². The molecule has 0 aliphatic carbocycles. The Hall–Kier alpha value is -2.11. The van der Waals surface area contributed by atoms with Crippen molar-refractivity contribution >= 4 is 11.9 Å². The van der Waals surface area contributed by atoms with Gasteiger partial charge in [-0.3, -0.25) is 4.79 Å². The third-order valence-corrected chi connectivity index (χ3v) is 2.97. The van der Waals surface area contributed by atoms with E-state index >= 15 is 0 Å². The number of carboxylic acids is 1. The fourth-order valence-electron chi connectivity index (χ4n) is 1.47. The Morgan fingerprint density at radius 3 is 2.58 bits per heavy atom. The summed E-state index contributed by atoms with van der Waals surface area (Å²) in [5.41, 5.74) is -1.45. The van der Waals surface area contributed by atoms with Crippen molar-refractivity contribution in [1.82, 2.24) is 5.32 Å². The van der Waals surface area contributed by atoms with Gasteiger partial charge in [0.25, 0.3) is 5.91 Å². The number of hydrogen-bond donors (Lipinski definition) is 2. The number of halogens is 1. The lowest BCUT2D eigenvalue weighted by atomic mass is 9.98. The molecule has 1 unspecified atom stereocenters. The van der Waals surface area contributed by atoms with Gasteiger partial charge in [-0.1, -0.05) is 6.92 Å². The lowest BCUT2D eigenvalue weighted by Gasteiger charge is -2.25. The van der Waals surface area contributed by atoms with Crippen LogP contribution in [0.5, 0.6) is 5.75 Å². The summed E-state index contributed by atoms with van der Waals surface area (Å²) in [6.07, 6.45) is 0.200. The predicted octanol–water partition coefficient (Wildman–Crippen LogP) is 1.82. The van der Waals surface area contributed by atoms with Crippen LogP contribution in [0.1, 0.15) is 30.6 Å². The molecular formula is C13H16FNO4. The molecular weight excluding hydrogens is 253 g/mol. The van der Waals surface area contributed by atoms with Crippen LogP contribution in [0.2, 0.25) is 0 Å². The number of aliphatic carboxylic acids is 1. The van der Waals surface area contributed by atoms with E-state index in [2.05, 4.69) is 5.32 Å². The zero-order valence-electron chi connectivity index (χ0n) is 11.0. The molecule has 0 fully saturated rings. The molecule has 19 heavy (non-hydrogen) atoms. The molecule has 0 aliphatic heterocycles. The van der Waals surface area contributed by atoms with Gasteiger partial charge < -0.3 is 15.2 Å². The molecule has 1 atom stereocenters. The number of ether oxygens (including phenoxy) is 1. The van der Waals surface area contributed by atoms with Crippen molar-refractivity contribution in [3.05, 3.63) is 29.6 Å². The van der Waals surface area contributed by atoms with Gasteiger partial charge in [0.1, 0.15) is 17.1 Å². The lowest BCUT2D eigenvalue weighted by molar-refractivity contribution is -0.143. The molecule has 0 saturated carbocycles. The Bertz CT molecular complexity index is 503. The van der Waals surface area contributed by atoms with E-state index in [1.165, 1.54) is 20.1 Å². The Kier molecular flexibility index (Phi) is 4.47. The van der Waals surface area contributed by atoms with Crippen LogP contribution in [-0.2, 0) is 4.79 Å². The summed E-state index contributed by atoms with van der Waals surface area (Å²) in [6, 6.07) is 3.48. The van der Waals surface area contributed by atoms with Crippen molar-refractivity contribution in [1.29, 1.82) is 0 Å². The first-order chi connectivity index (χ1) is 8.84. The molecule has 0 heterocycles. The largest absolute Gasteiger partial charge is 0.496 e. The zero-order valence-corrected chi connectivity index (χ0v) is 11.0. The second-order valence-corrected chi connectivity index (χ2v) is 4.29. The van der Waals surface area contributed by atoms with Gasteiger partial charge in [0, 0.05) is 0 Å². The smallest absolute Gasteiger partial charge is 0.329 e. The Morgan fingerprint density at radius 1 is 1.47 bits per heavy atom. The van der Waals surface area contributed by atoms with Gasteiger partial charge in [-0.15, -0.1) is 0 Å². The Labute approximate surface area is 110 Å². The number of methoxy groups -OCH3 is 1. The standard InChI is InChI=1S/C13H16FNO4/c1-4-13(2,12(17)18)15-11(16)9-7-8(14)5-6-10(9)19-3/h5-7H,4H2,1-3H3,(H,15,16)(H,17,18). The summed E-state index contributed by atoms with van der Waals surface area (Å²) in [7, 11) is 1.35. The highest BCUT2D eigenvalue weighted by molar-refractivity contribution is 5.99. The molecule has 0 saturated heterocycles. The van der Waals surface area contributed by atoms with E-state index in [0.717, 1.165) is 12.1 Å². The highest BCUT2D eigenvalue weighted by atomic mass is 19.1. The molecule has 104 valence electrons. The molecule has 1 aromatic rings. The van der Waals surface area contributed by atoms with Gasteiger partial charge in [-0.05, 0) is 31.5 Å². The molecule has 0 spiro atoms.